The van der Waals surface area contributed by atoms with E-state index >= 15 is 0 Å². The topological polar surface area (TPSA) is 67.5 Å². The Balaban J connectivity index is 1.60. The van der Waals surface area contributed by atoms with Gasteiger partial charge in [-0.2, -0.15) is 0 Å². The normalized spacial score (nSPS) is 18.9. The Labute approximate surface area is 156 Å². The van der Waals surface area contributed by atoms with E-state index in [2.05, 4.69) is 37.4 Å². The second kappa shape index (κ2) is 8.67. The number of fused-ring (bicyclic) bond motifs is 1. The maximum Gasteiger partial charge on any atom is 0.124 e. The van der Waals surface area contributed by atoms with Gasteiger partial charge in [-0.15, -0.1) is 0 Å². The maximum absolute atomic E-state index is 10.5. The first kappa shape index (κ1) is 18.9. The van der Waals surface area contributed by atoms with E-state index < -0.39 is 6.10 Å². The molecule has 0 saturated carbocycles. The minimum absolute atomic E-state index is 0.191. The highest BCUT2D eigenvalue weighted by Crippen LogP contribution is 2.34. The molecule has 0 aliphatic carbocycles. The molecule has 0 spiro atoms. The maximum atomic E-state index is 10.5. The molecule has 0 radical (unpaired) electrons. The van der Waals surface area contributed by atoms with Crippen LogP contribution in [0.3, 0.4) is 0 Å². The van der Waals surface area contributed by atoms with Gasteiger partial charge >= 0.3 is 0 Å². The lowest BCUT2D eigenvalue weighted by molar-refractivity contribution is 0.133. The summed E-state index contributed by atoms with van der Waals surface area (Å²) in [5.41, 5.74) is 9.85. The van der Waals surface area contributed by atoms with Gasteiger partial charge in [0.2, 0.25) is 0 Å². The second-order valence-corrected chi connectivity index (χ2v) is 7.47. The summed E-state index contributed by atoms with van der Waals surface area (Å²) < 4.78 is 5.79. The molecule has 0 amide bonds. The first-order valence-electron chi connectivity index (χ1n) is 9.52. The van der Waals surface area contributed by atoms with Crippen LogP contribution in [0.2, 0.25) is 0 Å². The van der Waals surface area contributed by atoms with Gasteiger partial charge in [0.15, 0.2) is 0 Å². The number of aliphatic hydroxyl groups is 1. The van der Waals surface area contributed by atoms with E-state index in [0.717, 1.165) is 17.7 Å². The molecule has 4 nitrogen and oxygen atoms in total. The summed E-state index contributed by atoms with van der Waals surface area (Å²) >= 11 is 0. The molecule has 3 rings (SSSR count). The van der Waals surface area contributed by atoms with Crippen molar-refractivity contribution in [2.24, 2.45) is 5.73 Å². The summed E-state index contributed by atoms with van der Waals surface area (Å²) in [5, 5.41) is 14.0. The summed E-state index contributed by atoms with van der Waals surface area (Å²) in [5.74, 6) is 1.42. The number of rotatable bonds is 7. The number of nitrogens with one attached hydrogen (secondary N) is 1. The van der Waals surface area contributed by atoms with Crippen LogP contribution in [-0.4, -0.2) is 30.4 Å². The molecular weight excluding hydrogens is 324 g/mol. The van der Waals surface area contributed by atoms with E-state index in [1.165, 1.54) is 11.1 Å². The quantitative estimate of drug-likeness (QED) is 0.714. The van der Waals surface area contributed by atoms with Gasteiger partial charge in [-0.3, -0.25) is 0 Å². The number of hydrogen-bond donors (Lipinski definition) is 3. The van der Waals surface area contributed by atoms with E-state index in [1.54, 1.807) is 0 Å². The van der Waals surface area contributed by atoms with Gasteiger partial charge in [0, 0.05) is 30.6 Å². The molecule has 0 aromatic heterocycles. The molecule has 140 valence electrons. The van der Waals surface area contributed by atoms with Crippen LogP contribution in [0.15, 0.2) is 48.5 Å². The molecule has 4 heteroatoms. The van der Waals surface area contributed by atoms with Crippen LogP contribution in [0, 0.1) is 0 Å². The van der Waals surface area contributed by atoms with Gasteiger partial charge in [-0.25, -0.2) is 0 Å². The first-order chi connectivity index (χ1) is 12.5. The van der Waals surface area contributed by atoms with Crippen molar-refractivity contribution < 1.29 is 9.84 Å². The molecule has 0 bridgehead atoms. The number of hydrogen-bond acceptors (Lipinski definition) is 4. The Morgan fingerprint density at radius 1 is 1.19 bits per heavy atom. The van der Waals surface area contributed by atoms with Crippen LogP contribution < -0.4 is 15.8 Å². The summed E-state index contributed by atoms with van der Waals surface area (Å²) in [6, 6.07) is 16.4. The Morgan fingerprint density at radius 3 is 2.69 bits per heavy atom. The molecule has 2 aromatic carbocycles. The third-order valence-electron chi connectivity index (χ3n) is 5.12. The highest BCUT2D eigenvalue weighted by molar-refractivity contribution is 5.41. The Kier molecular flexibility index (Phi) is 6.30. The Bertz CT molecular complexity index is 703. The number of aliphatic hydroxyl groups excluding tert-OH is 1. The fraction of sp³-hybridized carbons (Fsp3) is 0.455. The third-order valence-corrected chi connectivity index (χ3v) is 5.12. The molecule has 1 unspecified atom stereocenters. The molecule has 1 aliphatic rings. The van der Waals surface area contributed by atoms with Gasteiger partial charge in [0.05, 0.1) is 12.7 Å². The highest BCUT2D eigenvalue weighted by Gasteiger charge is 2.24. The van der Waals surface area contributed by atoms with Crippen LogP contribution in [0.4, 0.5) is 0 Å². The minimum Gasteiger partial charge on any atom is -0.493 e. The average Bonchev–Trinajstić information content (AvgIpc) is 2.66. The monoisotopic (exact) mass is 354 g/mol. The van der Waals surface area contributed by atoms with Gasteiger partial charge in [-0.1, -0.05) is 56.3 Å². The second-order valence-electron chi connectivity index (χ2n) is 7.47. The predicted molar refractivity (Wildman–Crippen MR) is 106 cm³/mol. The number of benzene rings is 2. The number of nitrogens with two attached hydrogens (primary N) is 1. The first-order valence-corrected chi connectivity index (χ1v) is 9.52. The van der Waals surface area contributed by atoms with Gasteiger partial charge in [0.1, 0.15) is 5.75 Å². The van der Waals surface area contributed by atoms with Crippen LogP contribution in [0.1, 0.15) is 48.9 Å². The van der Waals surface area contributed by atoms with Crippen LogP contribution in [-0.2, 0) is 6.42 Å². The SMILES string of the molecule is CC(C)c1ccc2c(c1)C(NC[C@@H](O)[C@@H](N)Cc1ccccc1)CCO2. The standard InChI is InChI=1S/C22H30N2O2/c1-15(2)17-8-9-22-18(13-17)20(10-11-26-22)24-14-21(25)19(23)12-16-6-4-3-5-7-16/h3-9,13,15,19-21,24-25H,10-12,14,23H2,1-2H3/t19-,20?,21+/m0/s1. The van der Waals surface area contributed by atoms with Crippen molar-refractivity contribution >= 4 is 0 Å². The molecule has 26 heavy (non-hydrogen) atoms. The summed E-state index contributed by atoms with van der Waals surface area (Å²) in [4.78, 5) is 0. The van der Waals surface area contributed by atoms with Crippen molar-refractivity contribution in [3.8, 4) is 5.75 Å². The largest absolute Gasteiger partial charge is 0.493 e. The molecule has 0 fully saturated rings. The van der Waals surface area contributed by atoms with Crippen molar-refractivity contribution in [3.05, 3.63) is 65.2 Å². The molecular formula is C22H30N2O2. The smallest absolute Gasteiger partial charge is 0.124 e. The molecule has 1 heterocycles. The zero-order chi connectivity index (χ0) is 18.5. The zero-order valence-corrected chi connectivity index (χ0v) is 15.7. The summed E-state index contributed by atoms with van der Waals surface area (Å²) in [6.45, 7) is 5.56. The molecule has 2 aromatic rings. The van der Waals surface area contributed by atoms with Crippen LogP contribution in [0.25, 0.3) is 0 Å². The summed E-state index contributed by atoms with van der Waals surface area (Å²) in [7, 11) is 0. The summed E-state index contributed by atoms with van der Waals surface area (Å²) in [6.07, 6.45) is 0.982. The minimum atomic E-state index is -0.588. The van der Waals surface area contributed by atoms with Crippen molar-refractivity contribution in [1.82, 2.24) is 5.32 Å². The van der Waals surface area contributed by atoms with Gasteiger partial charge in [0.25, 0.3) is 0 Å². The predicted octanol–water partition coefficient (Wildman–Crippen LogP) is 3.15. The van der Waals surface area contributed by atoms with Gasteiger partial charge < -0.3 is 20.9 Å². The average molecular weight is 354 g/mol. The van der Waals surface area contributed by atoms with Crippen LogP contribution >= 0.6 is 0 Å². The lowest BCUT2D eigenvalue weighted by Crippen LogP contribution is -2.44. The fourth-order valence-electron chi connectivity index (χ4n) is 3.42. The Hall–Kier alpha value is -1.88. The third kappa shape index (κ3) is 4.64. The molecule has 3 atom stereocenters. The number of ether oxygens (including phenoxy) is 1. The van der Waals surface area contributed by atoms with Gasteiger partial charge in [-0.05, 0) is 29.5 Å². The van der Waals surface area contributed by atoms with Crippen LogP contribution in [0.5, 0.6) is 5.75 Å². The van der Waals surface area contributed by atoms with Crippen molar-refractivity contribution in [3.63, 3.8) is 0 Å². The zero-order valence-electron chi connectivity index (χ0n) is 15.7. The van der Waals surface area contributed by atoms with Crippen molar-refractivity contribution in [2.45, 2.75) is 50.8 Å². The fourth-order valence-corrected chi connectivity index (χ4v) is 3.42. The molecule has 0 saturated heterocycles. The lowest BCUT2D eigenvalue weighted by atomic mass is 9.94. The van der Waals surface area contributed by atoms with E-state index in [-0.39, 0.29) is 12.1 Å². The molecule has 4 N–H and O–H groups in total. The molecule has 1 aliphatic heterocycles. The highest BCUT2D eigenvalue weighted by atomic mass is 16.5. The van der Waals surface area contributed by atoms with Crippen molar-refractivity contribution in [1.29, 1.82) is 0 Å². The lowest BCUT2D eigenvalue weighted by Gasteiger charge is -2.29. The van der Waals surface area contributed by atoms with E-state index in [0.29, 0.717) is 25.5 Å². The van der Waals surface area contributed by atoms with Crippen molar-refractivity contribution in [2.75, 3.05) is 13.2 Å². The van der Waals surface area contributed by atoms with E-state index in [9.17, 15) is 5.11 Å². The van der Waals surface area contributed by atoms with E-state index in [4.69, 9.17) is 10.5 Å². The van der Waals surface area contributed by atoms with E-state index in [1.807, 2.05) is 30.3 Å². The Morgan fingerprint density at radius 2 is 1.96 bits per heavy atom.